The van der Waals surface area contributed by atoms with Crippen molar-refractivity contribution in [1.82, 2.24) is 9.78 Å². The van der Waals surface area contributed by atoms with Gasteiger partial charge in [-0.1, -0.05) is 0 Å². The van der Waals surface area contributed by atoms with Crippen LogP contribution in [0.15, 0.2) is 30.5 Å². The Bertz CT molecular complexity index is 609. The molecule has 0 radical (unpaired) electrons. The second-order valence-electron chi connectivity index (χ2n) is 4.44. The minimum Gasteiger partial charge on any atom is -0.474 e. The summed E-state index contributed by atoms with van der Waals surface area (Å²) in [7, 11) is 1.57. The van der Waals surface area contributed by atoms with Gasteiger partial charge in [-0.15, -0.1) is 18.3 Å². The largest absolute Gasteiger partial charge is 0.573 e. The van der Waals surface area contributed by atoms with E-state index in [0.717, 1.165) is 5.56 Å². The summed E-state index contributed by atoms with van der Waals surface area (Å²) in [6, 6.07) is 5.41. The van der Waals surface area contributed by atoms with E-state index in [0.29, 0.717) is 24.8 Å². The molecule has 1 aromatic heterocycles. The van der Waals surface area contributed by atoms with Gasteiger partial charge in [0.05, 0.1) is 12.3 Å². The highest BCUT2D eigenvalue weighted by atomic mass is 19.4. The zero-order valence-electron chi connectivity index (χ0n) is 12.1. The fourth-order valence-corrected chi connectivity index (χ4v) is 1.74. The molecular weight excluding hydrogens is 301 g/mol. The molecule has 0 amide bonds. The van der Waals surface area contributed by atoms with Crippen molar-refractivity contribution < 1.29 is 27.4 Å². The molecule has 5 nitrogen and oxygen atoms in total. The molecule has 0 aliphatic rings. The van der Waals surface area contributed by atoms with Crippen LogP contribution in [0.4, 0.5) is 13.2 Å². The molecule has 0 spiro atoms. The van der Waals surface area contributed by atoms with Gasteiger partial charge in [0.2, 0.25) is 5.88 Å². The molecule has 0 fully saturated rings. The number of hydrogen-bond acceptors (Lipinski definition) is 4. The standard InChI is InChI=1S/C14H15F3N2O3/c1-10-9-19(18-13(10)21-8-7-20-2)11-3-5-12(6-4-11)22-14(15,16)17/h3-6,9H,7-8H2,1-2H3. The van der Waals surface area contributed by atoms with Gasteiger partial charge in [0.1, 0.15) is 12.4 Å². The van der Waals surface area contributed by atoms with Crippen molar-refractivity contribution in [3.05, 3.63) is 36.0 Å². The van der Waals surface area contributed by atoms with Crippen LogP contribution >= 0.6 is 0 Å². The van der Waals surface area contributed by atoms with Crippen LogP contribution < -0.4 is 9.47 Å². The molecule has 0 aliphatic carbocycles. The maximum Gasteiger partial charge on any atom is 0.573 e. The molecule has 1 heterocycles. The van der Waals surface area contributed by atoms with Gasteiger partial charge in [-0.25, -0.2) is 4.68 Å². The highest BCUT2D eigenvalue weighted by Gasteiger charge is 2.30. The topological polar surface area (TPSA) is 45.5 Å². The molecule has 0 N–H and O–H groups in total. The first-order valence-electron chi connectivity index (χ1n) is 6.43. The van der Waals surface area contributed by atoms with Gasteiger partial charge in [0.15, 0.2) is 0 Å². The summed E-state index contributed by atoms with van der Waals surface area (Å²) in [6.45, 7) is 2.63. The smallest absolute Gasteiger partial charge is 0.474 e. The Morgan fingerprint density at radius 2 is 1.82 bits per heavy atom. The third-order valence-electron chi connectivity index (χ3n) is 2.71. The third-order valence-corrected chi connectivity index (χ3v) is 2.71. The third kappa shape index (κ3) is 4.39. The van der Waals surface area contributed by atoms with Crippen molar-refractivity contribution >= 4 is 0 Å². The number of halogens is 3. The van der Waals surface area contributed by atoms with E-state index in [9.17, 15) is 13.2 Å². The van der Waals surface area contributed by atoms with Gasteiger partial charge in [0.25, 0.3) is 0 Å². The van der Waals surface area contributed by atoms with Crippen molar-refractivity contribution in [2.24, 2.45) is 0 Å². The first-order valence-corrected chi connectivity index (χ1v) is 6.43. The lowest BCUT2D eigenvalue weighted by atomic mass is 10.3. The van der Waals surface area contributed by atoms with Crippen LogP contribution in [0, 0.1) is 6.92 Å². The minimum absolute atomic E-state index is 0.281. The number of aryl methyl sites for hydroxylation is 1. The van der Waals surface area contributed by atoms with Gasteiger partial charge in [0, 0.05) is 18.9 Å². The molecule has 8 heteroatoms. The van der Waals surface area contributed by atoms with E-state index < -0.39 is 6.36 Å². The van der Waals surface area contributed by atoms with E-state index in [4.69, 9.17) is 9.47 Å². The maximum absolute atomic E-state index is 12.1. The zero-order valence-corrected chi connectivity index (χ0v) is 12.1. The van der Waals surface area contributed by atoms with Crippen LogP contribution in [0.5, 0.6) is 11.6 Å². The lowest BCUT2D eigenvalue weighted by molar-refractivity contribution is -0.274. The Morgan fingerprint density at radius 1 is 1.14 bits per heavy atom. The van der Waals surface area contributed by atoms with Gasteiger partial charge in [-0.2, -0.15) is 0 Å². The van der Waals surface area contributed by atoms with Crippen molar-refractivity contribution in [2.45, 2.75) is 13.3 Å². The normalized spacial score (nSPS) is 11.5. The van der Waals surface area contributed by atoms with E-state index >= 15 is 0 Å². The van der Waals surface area contributed by atoms with Crippen molar-refractivity contribution in [3.8, 4) is 17.3 Å². The fraction of sp³-hybridized carbons (Fsp3) is 0.357. The van der Waals surface area contributed by atoms with Crippen molar-refractivity contribution in [2.75, 3.05) is 20.3 Å². The van der Waals surface area contributed by atoms with Crippen LogP contribution in [0.1, 0.15) is 5.56 Å². The maximum atomic E-state index is 12.1. The number of benzene rings is 1. The molecule has 1 aromatic carbocycles. The predicted octanol–water partition coefficient (Wildman–Crippen LogP) is 3.10. The van der Waals surface area contributed by atoms with Crippen LogP contribution in [-0.4, -0.2) is 36.5 Å². The molecule has 0 saturated carbocycles. The number of alkyl halides is 3. The number of ether oxygens (including phenoxy) is 3. The highest BCUT2D eigenvalue weighted by Crippen LogP contribution is 2.24. The zero-order chi connectivity index (χ0) is 16.2. The Hall–Kier alpha value is -2.22. The summed E-state index contributed by atoms with van der Waals surface area (Å²) in [6.07, 6.45) is -2.98. The molecule has 0 saturated heterocycles. The van der Waals surface area contributed by atoms with Gasteiger partial charge in [-0.05, 0) is 31.2 Å². The van der Waals surface area contributed by atoms with E-state index in [-0.39, 0.29) is 5.75 Å². The molecule has 0 bridgehead atoms. The summed E-state index contributed by atoms with van der Waals surface area (Å²) in [5.74, 6) is 0.171. The monoisotopic (exact) mass is 316 g/mol. The average Bonchev–Trinajstić information content (AvgIpc) is 2.80. The van der Waals surface area contributed by atoms with Crippen LogP contribution in [0.3, 0.4) is 0 Å². The first-order chi connectivity index (χ1) is 10.4. The van der Waals surface area contributed by atoms with Crippen molar-refractivity contribution in [3.63, 3.8) is 0 Å². The van der Waals surface area contributed by atoms with Gasteiger partial charge < -0.3 is 14.2 Å². The van der Waals surface area contributed by atoms with Gasteiger partial charge >= 0.3 is 6.36 Å². The summed E-state index contributed by atoms with van der Waals surface area (Å²) in [5.41, 5.74) is 1.41. The predicted molar refractivity (Wildman–Crippen MR) is 72.4 cm³/mol. The minimum atomic E-state index is -4.70. The quantitative estimate of drug-likeness (QED) is 0.768. The lowest BCUT2D eigenvalue weighted by Crippen LogP contribution is -2.17. The molecule has 0 aliphatic heterocycles. The highest BCUT2D eigenvalue weighted by molar-refractivity contribution is 5.38. The molecule has 120 valence electrons. The molecule has 2 rings (SSSR count). The first kappa shape index (κ1) is 16.2. The SMILES string of the molecule is COCCOc1nn(-c2ccc(OC(F)(F)F)cc2)cc1C. The summed E-state index contributed by atoms with van der Waals surface area (Å²) in [4.78, 5) is 0. The van der Waals surface area contributed by atoms with Gasteiger partial charge in [-0.3, -0.25) is 0 Å². The Kier molecular flexibility index (Phi) is 4.92. The number of rotatable bonds is 6. The van der Waals surface area contributed by atoms with Crippen LogP contribution in [-0.2, 0) is 4.74 Å². The second-order valence-corrected chi connectivity index (χ2v) is 4.44. The second kappa shape index (κ2) is 6.69. The van der Waals surface area contributed by atoms with E-state index in [1.807, 2.05) is 6.92 Å². The summed E-state index contributed by atoms with van der Waals surface area (Å²) < 4.78 is 52.0. The molecule has 22 heavy (non-hydrogen) atoms. The molecule has 2 aromatic rings. The summed E-state index contributed by atoms with van der Waals surface area (Å²) in [5, 5.41) is 4.23. The Balaban J connectivity index is 2.10. The Labute approximate surface area is 125 Å². The fourth-order valence-electron chi connectivity index (χ4n) is 1.74. The lowest BCUT2D eigenvalue weighted by Gasteiger charge is -2.09. The number of nitrogens with zero attached hydrogens (tertiary/aromatic N) is 2. The van der Waals surface area contributed by atoms with E-state index in [1.54, 1.807) is 13.3 Å². The Morgan fingerprint density at radius 3 is 2.41 bits per heavy atom. The van der Waals surface area contributed by atoms with E-state index in [2.05, 4.69) is 9.84 Å². The van der Waals surface area contributed by atoms with Crippen LogP contribution in [0.2, 0.25) is 0 Å². The van der Waals surface area contributed by atoms with Crippen molar-refractivity contribution in [1.29, 1.82) is 0 Å². The summed E-state index contributed by atoms with van der Waals surface area (Å²) >= 11 is 0. The number of methoxy groups -OCH3 is 1. The number of hydrogen-bond donors (Lipinski definition) is 0. The van der Waals surface area contributed by atoms with Crippen LogP contribution in [0.25, 0.3) is 5.69 Å². The number of aromatic nitrogens is 2. The molecular formula is C14H15F3N2O3. The average molecular weight is 316 g/mol. The molecule has 0 atom stereocenters. The van der Waals surface area contributed by atoms with E-state index in [1.165, 1.54) is 28.9 Å². The molecule has 0 unspecified atom stereocenters.